The molecule has 0 fully saturated rings. The predicted molar refractivity (Wildman–Crippen MR) is 97.3 cm³/mol. The first-order chi connectivity index (χ1) is 13.6. The van der Waals surface area contributed by atoms with Crippen LogP contribution in [0.1, 0.15) is 16.1 Å². The van der Waals surface area contributed by atoms with E-state index in [2.05, 4.69) is 14.7 Å². The molecule has 1 aromatic carbocycles. The maximum absolute atomic E-state index is 14.2. The molecule has 2 aromatic rings. The Hall–Kier alpha value is -2.60. The zero-order chi connectivity index (χ0) is 21.8. The molecule has 29 heavy (non-hydrogen) atoms. The molecule has 158 valence electrons. The summed E-state index contributed by atoms with van der Waals surface area (Å²) >= 11 is 5.98. The van der Waals surface area contributed by atoms with Gasteiger partial charge in [0.25, 0.3) is 6.43 Å². The Kier molecular flexibility index (Phi) is 7.25. The molecule has 1 aromatic heterocycles. The number of anilines is 1. The first-order valence-electron chi connectivity index (χ1n) is 7.81. The van der Waals surface area contributed by atoms with Gasteiger partial charge < -0.3 is 9.47 Å². The molecule has 0 saturated carbocycles. The van der Waals surface area contributed by atoms with Crippen LogP contribution in [0.15, 0.2) is 24.5 Å². The molecule has 0 amide bonds. The van der Waals surface area contributed by atoms with Gasteiger partial charge in [0.1, 0.15) is 11.6 Å². The molecule has 0 aliphatic heterocycles. The van der Waals surface area contributed by atoms with Gasteiger partial charge in [-0.25, -0.2) is 40.7 Å². The number of alkyl halides is 2. The van der Waals surface area contributed by atoms with E-state index in [9.17, 15) is 26.4 Å². The van der Waals surface area contributed by atoms with E-state index in [-0.39, 0.29) is 15.1 Å². The number of halogens is 4. The lowest BCUT2D eigenvalue weighted by atomic mass is 10.2. The minimum absolute atomic E-state index is 0.00608. The number of esters is 1. The topological polar surface area (TPSA) is 98.7 Å². The van der Waals surface area contributed by atoms with Crippen LogP contribution in [0.5, 0.6) is 5.75 Å². The van der Waals surface area contributed by atoms with Crippen molar-refractivity contribution < 1.29 is 35.9 Å². The first-order valence-corrected chi connectivity index (χ1v) is 9.79. The minimum atomic E-state index is -4.69. The molecule has 0 bridgehead atoms. The second-order valence-electron chi connectivity index (χ2n) is 5.44. The monoisotopic (exact) mass is 453 g/mol. The van der Waals surface area contributed by atoms with Crippen LogP contribution in [-0.4, -0.2) is 51.5 Å². The van der Waals surface area contributed by atoms with E-state index in [0.717, 1.165) is 25.6 Å². The summed E-state index contributed by atoms with van der Waals surface area (Å²) in [4.78, 5) is 19.2. The number of methoxy groups -OCH3 is 2. The largest absolute Gasteiger partial charge is 0.495 e. The number of carbonyl (C=O) groups is 1. The van der Waals surface area contributed by atoms with Gasteiger partial charge in [-0.3, -0.25) is 0 Å². The van der Waals surface area contributed by atoms with Crippen LogP contribution in [0.25, 0.3) is 0 Å². The second kappa shape index (κ2) is 9.27. The van der Waals surface area contributed by atoms with Gasteiger partial charge in [-0.2, -0.15) is 0 Å². The third-order valence-electron chi connectivity index (χ3n) is 3.63. The number of hydrogen-bond acceptors (Lipinski definition) is 7. The quantitative estimate of drug-likeness (QED) is 0.566. The molecule has 0 N–H and O–H groups in total. The summed E-state index contributed by atoms with van der Waals surface area (Å²) in [5.41, 5.74) is -1.09. The van der Waals surface area contributed by atoms with Gasteiger partial charge in [-0.05, 0) is 12.1 Å². The molecule has 1 heterocycles. The summed E-state index contributed by atoms with van der Waals surface area (Å²) in [6.07, 6.45) is -1.07. The third kappa shape index (κ3) is 5.07. The highest BCUT2D eigenvalue weighted by Crippen LogP contribution is 2.33. The second-order valence-corrected chi connectivity index (χ2v) is 7.71. The van der Waals surface area contributed by atoms with E-state index in [1.165, 1.54) is 13.2 Å². The van der Waals surface area contributed by atoms with Gasteiger partial charge in [-0.1, -0.05) is 11.6 Å². The zero-order valence-corrected chi connectivity index (χ0v) is 16.7. The summed E-state index contributed by atoms with van der Waals surface area (Å²) in [5.74, 6) is -3.86. The molecule has 0 unspecified atom stereocenters. The Labute approximate surface area is 169 Å². The lowest BCUT2D eigenvalue weighted by Gasteiger charge is -2.24. The molecule has 0 spiro atoms. The summed E-state index contributed by atoms with van der Waals surface area (Å²) < 4.78 is 75.9. The van der Waals surface area contributed by atoms with Crippen molar-refractivity contribution in [3.63, 3.8) is 0 Å². The number of sulfonamides is 1. The van der Waals surface area contributed by atoms with Crippen LogP contribution >= 0.6 is 11.6 Å². The maximum Gasteiger partial charge on any atom is 0.360 e. The average Bonchev–Trinajstić information content (AvgIpc) is 2.68. The lowest BCUT2D eigenvalue weighted by molar-refractivity contribution is 0.0594. The number of aromatic nitrogens is 2. The highest BCUT2D eigenvalue weighted by Gasteiger charge is 2.33. The summed E-state index contributed by atoms with van der Waals surface area (Å²) in [6.45, 7) is -1.35. The van der Waals surface area contributed by atoms with Crippen LogP contribution in [0.2, 0.25) is 5.02 Å². The van der Waals surface area contributed by atoms with E-state index in [1.54, 1.807) is 0 Å². The summed E-state index contributed by atoms with van der Waals surface area (Å²) in [5, 5.41) is -0.333. The van der Waals surface area contributed by atoms with Crippen LogP contribution < -0.4 is 9.04 Å². The highest BCUT2D eigenvalue weighted by atomic mass is 35.5. The average molecular weight is 454 g/mol. The maximum atomic E-state index is 14.2. The van der Waals surface area contributed by atoms with Gasteiger partial charge in [0.2, 0.25) is 10.0 Å². The Balaban J connectivity index is 2.58. The number of carbonyl (C=O) groups excluding carboxylic acids is 1. The summed E-state index contributed by atoms with van der Waals surface area (Å²) in [7, 11) is -2.46. The van der Waals surface area contributed by atoms with Crippen molar-refractivity contribution in [1.82, 2.24) is 9.97 Å². The minimum Gasteiger partial charge on any atom is -0.495 e. The Morgan fingerprint density at radius 2 is 1.90 bits per heavy atom. The summed E-state index contributed by atoms with van der Waals surface area (Å²) in [6, 6.07) is 2.11. The standard InChI is InChI=1S/C16H15ClF3N3O5S/c1-27-11-4-3-10(18)9(13(11)17)8-29(25,26)23(7-12(19)20)15-14(16(24)28-2)21-5-6-22-15/h3-6,12H,7-8H2,1-2H3. The molecule has 2 rings (SSSR count). The van der Waals surface area contributed by atoms with E-state index >= 15 is 0 Å². The number of hydrogen-bond donors (Lipinski definition) is 0. The zero-order valence-electron chi connectivity index (χ0n) is 15.1. The smallest absolute Gasteiger partial charge is 0.360 e. The molecule has 0 radical (unpaired) electrons. The fraction of sp³-hybridized carbons (Fsp3) is 0.312. The number of rotatable bonds is 8. The van der Waals surface area contributed by atoms with Crippen molar-refractivity contribution in [3.05, 3.63) is 46.6 Å². The molecule has 0 aliphatic rings. The predicted octanol–water partition coefficient (Wildman–Crippen LogP) is 2.67. The van der Waals surface area contributed by atoms with Crippen molar-refractivity contribution >= 4 is 33.4 Å². The van der Waals surface area contributed by atoms with Crippen LogP contribution in [-0.2, 0) is 20.5 Å². The van der Waals surface area contributed by atoms with Crippen molar-refractivity contribution in [3.8, 4) is 5.75 Å². The van der Waals surface area contributed by atoms with Crippen molar-refractivity contribution in [1.29, 1.82) is 0 Å². The van der Waals surface area contributed by atoms with Gasteiger partial charge >= 0.3 is 5.97 Å². The first kappa shape index (κ1) is 22.7. The molecular weight excluding hydrogens is 439 g/mol. The van der Waals surface area contributed by atoms with Crippen molar-refractivity contribution in [2.75, 3.05) is 25.1 Å². The molecular formula is C16H15ClF3N3O5S. The van der Waals surface area contributed by atoms with Crippen molar-refractivity contribution in [2.45, 2.75) is 12.2 Å². The van der Waals surface area contributed by atoms with Gasteiger partial charge in [0.15, 0.2) is 11.5 Å². The Bertz CT molecular complexity index is 1010. The SMILES string of the molecule is COC(=O)c1nccnc1N(CC(F)F)S(=O)(=O)Cc1c(F)ccc(OC)c1Cl. The molecule has 0 saturated heterocycles. The third-order valence-corrected chi connectivity index (χ3v) is 5.69. The van der Waals surface area contributed by atoms with Crippen LogP contribution in [0.3, 0.4) is 0 Å². The van der Waals surface area contributed by atoms with E-state index in [0.29, 0.717) is 0 Å². The number of nitrogens with zero attached hydrogens (tertiary/aromatic N) is 3. The number of ether oxygens (including phenoxy) is 2. The highest BCUT2D eigenvalue weighted by molar-refractivity contribution is 7.92. The van der Waals surface area contributed by atoms with Crippen LogP contribution in [0, 0.1) is 5.82 Å². The Morgan fingerprint density at radius 3 is 2.48 bits per heavy atom. The van der Waals surface area contributed by atoms with E-state index in [1.807, 2.05) is 0 Å². The van der Waals surface area contributed by atoms with Gasteiger partial charge in [0, 0.05) is 18.0 Å². The molecule has 0 atom stereocenters. The molecule has 0 aliphatic carbocycles. The molecule has 13 heteroatoms. The lowest BCUT2D eigenvalue weighted by Crippen LogP contribution is -2.38. The normalized spacial score (nSPS) is 11.4. The molecule has 8 nitrogen and oxygen atoms in total. The van der Waals surface area contributed by atoms with E-state index < -0.39 is 57.6 Å². The van der Waals surface area contributed by atoms with Gasteiger partial charge in [-0.15, -0.1) is 0 Å². The Morgan fingerprint density at radius 1 is 1.24 bits per heavy atom. The van der Waals surface area contributed by atoms with Gasteiger partial charge in [0.05, 0.1) is 31.5 Å². The van der Waals surface area contributed by atoms with Crippen LogP contribution in [0.4, 0.5) is 19.0 Å². The fourth-order valence-corrected chi connectivity index (χ4v) is 4.25. The fourth-order valence-electron chi connectivity index (χ4n) is 2.34. The number of benzene rings is 1. The van der Waals surface area contributed by atoms with E-state index in [4.69, 9.17) is 16.3 Å². The van der Waals surface area contributed by atoms with Crippen molar-refractivity contribution in [2.24, 2.45) is 0 Å².